The molecule has 0 unspecified atom stereocenters. The Balaban J connectivity index is 1.63. The fraction of sp³-hybridized carbons (Fsp3) is 0.667. The number of amides is 2. The van der Waals surface area contributed by atoms with E-state index in [1.54, 1.807) is 18.1 Å². The van der Waals surface area contributed by atoms with Crippen LogP contribution >= 0.6 is 0 Å². The highest BCUT2D eigenvalue weighted by atomic mass is 16.5. The van der Waals surface area contributed by atoms with Gasteiger partial charge in [-0.15, -0.1) is 0 Å². The molecule has 3 saturated heterocycles. The van der Waals surface area contributed by atoms with Crippen molar-refractivity contribution in [1.29, 1.82) is 0 Å². The molecule has 9 nitrogen and oxygen atoms in total. The lowest BCUT2D eigenvalue weighted by Crippen LogP contribution is -2.44. The number of nitrogens with zero attached hydrogens (tertiary/aromatic N) is 2. The molecule has 3 fully saturated rings. The zero-order valence-corrected chi connectivity index (χ0v) is 21.7. The molecule has 9 heteroatoms. The maximum atomic E-state index is 14.0. The Morgan fingerprint density at radius 1 is 1.22 bits per heavy atom. The molecule has 0 aromatic heterocycles. The monoisotopic (exact) mass is 500 g/mol. The van der Waals surface area contributed by atoms with Crippen molar-refractivity contribution in [2.75, 3.05) is 46.5 Å². The molecule has 0 bridgehead atoms. The van der Waals surface area contributed by atoms with Gasteiger partial charge in [0.2, 0.25) is 11.8 Å². The number of hydrogen-bond donors (Lipinski definition) is 2. The molecule has 198 valence electrons. The predicted octanol–water partition coefficient (Wildman–Crippen LogP) is 1.25. The number of methoxy groups -OCH3 is 1. The number of carbonyl (C=O) groups is 3. The third kappa shape index (κ3) is 5.49. The Labute approximate surface area is 213 Å². The van der Waals surface area contributed by atoms with Crippen molar-refractivity contribution in [2.24, 2.45) is 17.4 Å². The Bertz CT molecular complexity index is 975. The van der Waals surface area contributed by atoms with E-state index in [2.05, 4.69) is 4.90 Å². The van der Waals surface area contributed by atoms with Gasteiger partial charge in [-0.1, -0.05) is 26.0 Å². The van der Waals surface area contributed by atoms with Crippen molar-refractivity contribution in [3.8, 4) is 0 Å². The van der Waals surface area contributed by atoms with Crippen molar-refractivity contribution in [3.05, 3.63) is 34.9 Å². The minimum absolute atomic E-state index is 0.0211. The maximum Gasteiger partial charge on any atom is 0.249 e. The number of ketones is 1. The van der Waals surface area contributed by atoms with E-state index in [1.165, 1.54) is 0 Å². The van der Waals surface area contributed by atoms with Gasteiger partial charge in [-0.05, 0) is 61.4 Å². The summed E-state index contributed by atoms with van der Waals surface area (Å²) in [6.45, 7) is 7.93. The molecule has 1 aromatic rings. The number of rotatable bonds is 9. The molecule has 1 aromatic carbocycles. The van der Waals surface area contributed by atoms with Gasteiger partial charge in [0.15, 0.2) is 5.78 Å². The van der Waals surface area contributed by atoms with Crippen LogP contribution in [0.15, 0.2) is 18.2 Å². The van der Waals surface area contributed by atoms with Crippen molar-refractivity contribution in [1.82, 2.24) is 9.80 Å². The summed E-state index contributed by atoms with van der Waals surface area (Å²) in [6.07, 6.45) is 2.07. The number of piperidine rings is 1. The fourth-order valence-corrected chi connectivity index (χ4v) is 6.01. The van der Waals surface area contributed by atoms with Crippen LogP contribution in [0.4, 0.5) is 0 Å². The van der Waals surface area contributed by atoms with E-state index in [4.69, 9.17) is 20.9 Å². The van der Waals surface area contributed by atoms with Gasteiger partial charge in [-0.25, -0.2) is 0 Å². The van der Waals surface area contributed by atoms with Gasteiger partial charge in [0, 0.05) is 25.8 Å². The quantitative estimate of drug-likeness (QED) is 0.522. The van der Waals surface area contributed by atoms with Gasteiger partial charge in [-0.3, -0.25) is 14.4 Å². The normalized spacial score (nSPS) is 26.0. The van der Waals surface area contributed by atoms with E-state index < -0.39 is 30.0 Å². The highest BCUT2D eigenvalue weighted by Crippen LogP contribution is 2.37. The SMILES string of the molecule is COCCN1CCC(c2ccc(C(N)=O)c([C@H](CC(C)C)C(=O)N3C[C@@H](N)[C@H]4OCC(=O)[C@H]43)c2)CC1. The van der Waals surface area contributed by atoms with Gasteiger partial charge in [0.1, 0.15) is 18.8 Å². The van der Waals surface area contributed by atoms with E-state index in [9.17, 15) is 14.4 Å². The van der Waals surface area contributed by atoms with E-state index in [1.807, 2.05) is 26.0 Å². The lowest BCUT2D eigenvalue weighted by molar-refractivity contribution is -0.138. The third-order valence-corrected chi connectivity index (χ3v) is 7.90. The van der Waals surface area contributed by atoms with E-state index in [0.29, 0.717) is 23.5 Å². The summed E-state index contributed by atoms with van der Waals surface area (Å²) < 4.78 is 10.8. The number of nitrogens with two attached hydrogens (primary N) is 2. The third-order valence-electron chi connectivity index (χ3n) is 7.90. The van der Waals surface area contributed by atoms with Crippen LogP contribution in [0.25, 0.3) is 0 Å². The highest BCUT2D eigenvalue weighted by Gasteiger charge is 2.52. The maximum absolute atomic E-state index is 14.0. The molecule has 3 aliphatic rings. The predicted molar refractivity (Wildman–Crippen MR) is 136 cm³/mol. The first kappa shape index (κ1) is 26.7. The summed E-state index contributed by atoms with van der Waals surface area (Å²) in [5.74, 6) is -0.908. The standard InChI is InChI=1S/C27H40N4O5/c1-16(2)12-21(27(34)31-14-22(28)25-24(31)23(32)15-36-25)20-13-18(4-5-19(20)26(29)33)17-6-8-30(9-7-17)10-11-35-3/h4-5,13,16-17,21-22,24-25H,6-12,14-15,28H2,1-3H3,(H2,29,33)/t21-,22+,24+,25+/m0/s1. The van der Waals surface area contributed by atoms with E-state index in [0.717, 1.165) is 44.6 Å². The van der Waals surface area contributed by atoms with Crippen LogP contribution in [0, 0.1) is 5.92 Å². The number of benzene rings is 1. The van der Waals surface area contributed by atoms with Crippen LogP contribution < -0.4 is 11.5 Å². The molecule has 4 N–H and O–H groups in total. The van der Waals surface area contributed by atoms with Crippen molar-refractivity contribution in [3.63, 3.8) is 0 Å². The van der Waals surface area contributed by atoms with Crippen LogP contribution in [-0.4, -0.2) is 92.1 Å². The Kier molecular flexibility index (Phi) is 8.44. The topological polar surface area (TPSA) is 128 Å². The molecule has 3 heterocycles. The first-order chi connectivity index (χ1) is 17.2. The average Bonchev–Trinajstić information content (AvgIpc) is 3.40. The molecule has 0 radical (unpaired) electrons. The van der Waals surface area contributed by atoms with Crippen molar-refractivity contribution in [2.45, 2.75) is 63.1 Å². The Hall–Kier alpha value is -2.33. The molecular weight excluding hydrogens is 460 g/mol. The zero-order valence-electron chi connectivity index (χ0n) is 21.7. The summed E-state index contributed by atoms with van der Waals surface area (Å²) in [7, 11) is 1.72. The second-order valence-electron chi connectivity index (χ2n) is 10.8. The first-order valence-corrected chi connectivity index (χ1v) is 13.1. The minimum Gasteiger partial charge on any atom is -0.383 e. The summed E-state index contributed by atoms with van der Waals surface area (Å²) >= 11 is 0. The smallest absolute Gasteiger partial charge is 0.249 e. The van der Waals surface area contributed by atoms with Gasteiger partial charge in [0.05, 0.1) is 18.6 Å². The first-order valence-electron chi connectivity index (χ1n) is 13.1. The number of fused-ring (bicyclic) bond motifs is 1. The molecule has 3 aliphatic heterocycles. The largest absolute Gasteiger partial charge is 0.383 e. The minimum atomic E-state index is -0.654. The van der Waals surface area contributed by atoms with Gasteiger partial charge < -0.3 is 30.7 Å². The Morgan fingerprint density at radius 3 is 2.58 bits per heavy atom. The summed E-state index contributed by atoms with van der Waals surface area (Å²) in [5, 5.41) is 0. The number of primary amides is 1. The van der Waals surface area contributed by atoms with Crippen molar-refractivity contribution >= 4 is 17.6 Å². The lowest BCUT2D eigenvalue weighted by atomic mass is 9.81. The van der Waals surface area contributed by atoms with Gasteiger partial charge in [0.25, 0.3) is 0 Å². The summed E-state index contributed by atoms with van der Waals surface area (Å²) in [6, 6.07) is 4.70. The van der Waals surface area contributed by atoms with Crippen LogP contribution in [0.2, 0.25) is 0 Å². The molecule has 4 atom stereocenters. The van der Waals surface area contributed by atoms with Gasteiger partial charge in [-0.2, -0.15) is 0 Å². The number of hydrogen-bond acceptors (Lipinski definition) is 7. The molecule has 0 aliphatic carbocycles. The number of Topliss-reactive ketones (excluding diaryl/α,β-unsaturated/α-hetero) is 1. The van der Waals surface area contributed by atoms with Crippen molar-refractivity contribution < 1.29 is 23.9 Å². The number of ether oxygens (including phenoxy) is 2. The number of carbonyl (C=O) groups excluding carboxylic acids is 3. The molecular formula is C27H40N4O5. The Morgan fingerprint density at radius 2 is 1.94 bits per heavy atom. The molecule has 36 heavy (non-hydrogen) atoms. The zero-order chi connectivity index (χ0) is 26.0. The molecule has 0 saturated carbocycles. The highest BCUT2D eigenvalue weighted by molar-refractivity contribution is 5.99. The summed E-state index contributed by atoms with van der Waals surface area (Å²) in [4.78, 5) is 43.0. The second-order valence-corrected chi connectivity index (χ2v) is 10.8. The van der Waals surface area contributed by atoms with Gasteiger partial charge >= 0.3 is 0 Å². The van der Waals surface area contributed by atoms with Crippen LogP contribution in [0.3, 0.4) is 0 Å². The van der Waals surface area contributed by atoms with Crippen LogP contribution in [0.1, 0.15) is 66.4 Å². The van der Waals surface area contributed by atoms with Crippen LogP contribution in [-0.2, 0) is 19.1 Å². The average molecular weight is 501 g/mol. The van der Waals surface area contributed by atoms with Crippen LogP contribution in [0.5, 0.6) is 0 Å². The lowest BCUT2D eigenvalue weighted by Gasteiger charge is -2.33. The summed E-state index contributed by atoms with van der Waals surface area (Å²) in [5.41, 5.74) is 14.2. The van der Waals surface area contributed by atoms with E-state index >= 15 is 0 Å². The second kappa shape index (κ2) is 11.4. The van der Waals surface area contributed by atoms with E-state index in [-0.39, 0.29) is 30.8 Å². The molecule has 0 spiro atoms. The molecule has 2 amide bonds. The number of likely N-dealkylation sites (tertiary alicyclic amines) is 2. The molecule has 4 rings (SSSR count). The fourth-order valence-electron chi connectivity index (χ4n) is 6.01.